The minimum absolute atomic E-state index is 0.0119. The number of thioether (sulfide) groups is 1. The molecule has 2 heterocycles. The Morgan fingerprint density at radius 3 is 2.46 bits per heavy atom. The summed E-state index contributed by atoms with van der Waals surface area (Å²) in [6.45, 7) is 1.94. The van der Waals surface area contributed by atoms with E-state index in [9.17, 15) is 9.59 Å². The summed E-state index contributed by atoms with van der Waals surface area (Å²) >= 11 is 3.19. The molecular weight excluding hydrogens is 364 g/mol. The fourth-order valence-electron chi connectivity index (χ4n) is 3.28. The Morgan fingerprint density at radius 1 is 1.19 bits per heavy atom. The predicted molar refractivity (Wildman–Crippen MR) is 108 cm³/mol. The molecule has 1 aliphatic rings. The number of benzene rings is 1. The van der Waals surface area contributed by atoms with E-state index in [2.05, 4.69) is 30.5 Å². The lowest BCUT2D eigenvalue weighted by Crippen LogP contribution is -2.43. The topological polar surface area (TPSA) is 40.6 Å². The standard InChI is InChI=1S/C20H24N2O2S2/c1-21(14-15-5-7-17(25-2)8-6-15)19(23)16-9-11-22(12-10-16)20(24)18-4-3-13-26-18/h3-8,13,16H,9-12,14H2,1-2H3. The smallest absolute Gasteiger partial charge is 0.263 e. The molecule has 0 atom stereocenters. The lowest BCUT2D eigenvalue weighted by molar-refractivity contribution is -0.136. The molecule has 0 spiro atoms. The van der Waals surface area contributed by atoms with Crippen LogP contribution < -0.4 is 0 Å². The molecule has 1 saturated heterocycles. The van der Waals surface area contributed by atoms with Gasteiger partial charge < -0.3 is 9.80 Å². The quantitative estimate of drug-likeness (QED) is 0.728. The molecule has 1 aromatic carbocycles. The monoisotopic (exact) mass is 388 g/mol. The maximum Gasteiger partial charge on any atom is 0.263 e. The third-order valence-corrected chi connectivity index (χ3v) is 6.42. The summed E-state index contributed by atoms with van der Waals surface area (Å²) in [6.07, 6.45) is 3.54. The van der Waals surface area contributed by atoms with Crippen LogP contribution in [0.4, 0.5) is 0 Å². The van der Waals surface area contributed by atoms with Crippen LogP contribution in [0.15, 0.2) is 46.7 Å². The maximum absolute atomic E-state index is 12.8. The number of carbonyl (C=O) groups excluding carboxylic acids is 2. The maximum atomic E-state index is 12.8. The highest BCUT2D eigenvalue weighted by atomic mass is 32.2. The zero-order chi connectivity index (χ0) is 18.5. The van der Waals surface area contributed by atoms with Crippen LogP contribution in [0.2, 0.25) is 0 Å². The van der Waals surface area contributed by atoms with Crippen molar-refractivity contribution in [2.24, 2.45) is 5.92 Å². The summed E-state index contributed by atoms with van der Waals surface area (Å²) in [7, 11) is 1.87. The molecule has 2 aromatic rings. The Kier molecular flexibility index (Phi) is 6.38. The van der Waals surface area contributed by atoms with E-state index in [1.165, 1.54) is 16.2 Å². The van der Waals surface area contributed by atoms with Crippen LogP contribution >= 0.6 is 23.1 Å². The largest absolute Gasteiger partial charge is 0.341 e. The number of likely N-dealkylation sites (tertiary alicyclic amines) is 1. The summed E-state index contributed by atoms with van der Waals surface area (Å²) in [6, 6.07) is 12.1. The minimum atomic E-state index is 0.0119. The molecule has 0 unspecified atom stereocenters. The first kappa shape index (κ1) is 19.0. The van der Waals surface area contributed by atoms with E-state index in [0.29, 0.717) is 19.6 Å². The van der Waals surface area contributed by atoms with Crippen LogP contribution in [-0.4, -0.2) is 48.0 Å². The zero-order valence-electron chi connectivity index (χ0n) is 15.2. The van der Waals surface area contributed by atoms with Crippen LogP contribution in [0.3, 0.4) is 0 Å². The summed E-state index contributed by atoms with van der Waals surface area (Å²) in [5.74, 6) is 0.285. The van der Waals surface area contributed by atoms with Crippen LogP contribution in [0.5, 0.6) is 0 Å². The van der Waals surface area contributed by atoms with E-state index in [1.54, 1.807) is 11.8 Å². The van der Waals surface area contributed by atoms with Gasteiger partial charge >= 0.3 is 0 Å². The highest BCUT2D eigenvalue weighted by Crippen LogP contribution is 2.23. The third-order valence-electron chi connectivity index (χ3n) is 4.82. The molecule has 1 fully saturated rings. The van der Waals surface area contributed by atoms with Gasteiger partial charge in [-0.25, -0.2) is 0 Å². The van der Waals surface area contributed by atoms with Gasteiger partial charge in [-0.15, -0.1) is 23.1 Å². The molecule has 3 rings (SSSR count). The van der Waals surface area contributed by atoms with Crippen molar-refractivity contribution in [2.75, 3.05) is 26.4 Å². The number of thiophene rings is 1. The Bertz CT molecular complexity index is 736. The number of piperidine rings is 1. The van der Waals surface area contributed by atoms with Gasteiger partial charge in [-0.05, 0) is 48.2 Å². The van der Waals surface area contributed by atoms with Gasteiger partial charge in [-0.2, -0.15) is 0 Å². The number of hydrogen-bond donors (Lipinski definition) is 0. The molecule has 0 saturated carbocycles. The average Bonchev–Trinajstić information content (AvgIpc) is 3.22. The van der Waals surface area contributed by atoms with Gasteiger partial charge in [0.05, 0.1) is 4.88 Å². The van der Waals surface area contributed by atoms with E-state index in [0.717, 1.165) is 23.3 Å². The molecule has 138 valence electrons. The highest BCUT2D eigenvalue weighted by molar-refractivity contribution is 7.98. The van der Waals surface area contributed by atoms with Gasteiger partial charge in [0.15, 0.2) is 0 Å². The highest BCUT2D eigenvalue weighted by Gasteiger charge is 2.29. The predicted octanol–water partition coefficient (Wildman–Crippen LogP) is 3.98. The number of hydrogen-bond acceptors (Lipinski definition) is 4. The Morgan fingerprint density at radius 2 is 1.88 bits per heavy atom. The fraction of sp³-hybridized carbons (Fsp3) is 0.400. The van der Waals surface area contributed by atoms with Gasteiger partial charge in [0, 0.05) is 37.5 Å². The average molecular weight is 389 g/mol. The summed E-state index contributed by atoms with van der Waals surface area (Å²) in [5, 5.41) is 1.92. The van der Waals surface area contributed by atoms with Gasteiger partial charge in [0.25, 0.3) is 5.91 Å². The molecule has 0 radical (unpaired) electrons. The number of carbonyl (C=O) groups is 2. The van der Waals surface area contributed by atoms with Gasteiger partial charge in [0.1, 0.15) is 0 Å². The van der Waals surface area contributed by atoms with Crippen molar-refractivity contribution in [1.29, 1.82) is 0 Å². The Balaban J connectivity index is 1.51. The molecule has 6 heteroatoms. The number of nitrogens with zero attached hydrogens (tertiary/aromatic N) is 2. The first-order valence-corrected chi connectivity index (χ1v) is 10.9. The molecule has 26 heavy (non-hydrogen) atoms. The van der Waals surface area contributed by atoms with Crippen LogP contribution in [0.1, 0.15) is 28.1 Å². The molecule has 0 N–H and O–H groups in total. The van der Waals surface area contributed by atoms with Crippen molar-refractivity contribution in [1.82, 2.24) is 9.80 Å². The second kappa shape index (κ2) is 8.73. The normalized spacial score (nSPS) is 15.1. The summed E-state index contributed by atoms with van der Waals surface area (Å²) < 4.78 is 0. The molecule has 0 bridgehead atoms. The van der Waals surface area contributed by atoms with Crippen LogP contribution in [-0.2, 0) is 11.3 Å². The van der Waals surface area contributed by atoms with E-state index in [-0.39, 0.29) is 17.7 Å². The second-order valence-electron chi connectivity index (χ2n) is 6.59. The Labute approximate surface area is 163 Å². The lowest BCUT2D eigenvalue weighted by Gasteiger charge is -2.33. The summed E-state index contributed by atoms with van der Waals surface area (Å²) in [4.78, 5) is 30.8. The van der Waals surface area contributed by atoms with E-state index in [1.807, 2.05) is 34.4 Å². The van der Waals surface area contributed by atoms with Crippen molar-refractivity contribution >= 4 is 34.9 Å². The Hall–Kier alpha value is -1.79. The van der Waals surface area contributed by atoms with Crippen LogP contribution in [0, 0.1) is 5.92 Å². The van der Waals surface area contributed by atoms with Crippen molar-refractivity contribution in [2.45, 2.75) is 24.3 Å². The number of amides is 2. The molecule has 4 nitrogen and oxygen atoms in total. The van der Waals surface area contributed by atoms with Crippen molar-refractivity contribution in [3.05, 3.63) is 52.2 Å². The fourth-order valence-corrected chi connectivity index (χ4v) is 4.38. The molecule has 0 aliphatic carbocycles. The van der Waals surface area contributed by atoms with Gasteiger partial charge in [-0.1, -0.05) is 18.2 Å². The SMILES string of the molecule is CSc1ccc(CN(C)C(=O)C2CCN(C(=O)c3cccs3)CC2)cc1. The van der Waals surface area contributed by atoms with E-state index >= 15 is 0 Å². The van der Waals surface area contributed by atoms with Gasteiger partial charge in [-0.3, -0.25) is 9.59 Å². The zero-order valence-corrected chi connectivity index (χ0v) is 16.8. The molecular formula is C20H24N2O2S2. The lowest BCUT2D eigenvalue weighted by atomic mass is 9.95. The van der Waals surface area contributed by atoms with Crippen molar-refractivity contribution in [3.63, 3.8) is 0 Å². The summed E-state index contributed by atoms with van der Waals surface area (Å²) in [5.41, 5.74) is 1.14. The molecule has 2 amide bonds. The molecule has 1 aromatic heterocycles. The minimum Gasteiger partial charge on any atom is -0.341 e. The van der Waals surface area contributed by atoms with Crippen molar-refractivity contribution < 1.29 is 9.59 Å². The first-order chi connectivity index (χ1) is 12.6. The van der Waals surface area contributed by atoms with Crippen LogP contribution in [0.25, 0.3) is 0 Å². The van der Waals surface area contributed by atoms with Crippen molar-refractivity contribution in [3.8, 4) is 0 Å². The van der Waals surface area contributed by atoms with E-state index < -0.39 is 0 Å². The number of rotatable bonds is 5. The first-order valence-electron chi connectivity index (χ1n) is 8.79. The van der Waals surface area contributed by atoms with E-state index in [4.69, 9.17) is 0 Å². The van der Waals surface area contributed by atoms with Gasteiger partial charge in [0.2, 0.25) is 5.91 Å². The second-order valence-corrected chi connectivity index (χ2v) is 8.41. The molecule has 1 aliphatic heterocycles. The third kappa shape index (κ3) is 4.48.